The third kappa shape index (κ3) is 8.88. The molecule has 152 valence electrons. The molecule has 0 radical (unpaired) electrons. The molecule has 1 atom stereocenters. The molecule has 2 rings (SSSR count). The molecular formula is C19H38IN5O. The van der Waals surface area contributed by atoms with E-state index in [2.05, 4.69) is 20.5 Å². The molecule has 0 aromatic heterocycles. The lowest BCUT2D eigenvalue weighted by molar-refractivity contribution is -0.123. The van der Waals surface area contributed by atoms with Crippen molar-refractivity contribution in [1.29, 1.82) is 0 Å². The molecule has 1 amide bonds. The Kier molecular flexibility index (Phi) is 12.3. The van der Waals surface area contributed by atoms with E-state index in [1.807, 2.05) is 7.05 Å². The van der Waals surface area contributed by atoms with Crippen LogP contribution in [0, 0.1) is 11.8 Å². The van der Waals surface area contributed by atoms with Gasteiger partial charge in [-0.15, -0.1) is 24.0 Å². The van der Waals surface area contributed by atoms with Gasteiger partial charge in [-0.25, -0.2) is 0 Å². The van der Waals surface area contributed by atoms with Gasteiger partial charge in [0.15, 0.2) is 5.96 Å². The van der Waals surface area contributed by atoms with Crippen LogP contribution in [0.2, 0.25) is 0 Å². The molecule has 2 aliphatic rings. The topological polar surface area (TPSA) is 82.8 Å². The number of nitrogens with two attached hydrogens (primary N) is 1. The number of piperidine rings is 1. The lowest BCUT2D eigenvalue weighted by atomic mass is 9.97. The fraction of sp³-hybridized carbons (Fsp3) is 0.895. The first-order valence-corrected chi connectivity index (χ1v) is 10.1. The normalized spacial score (nSPS) is 22.0. The quantitative estimate of drug-likeness (QED) is 0.205. The third-order valence-corrected chi connectivity index (χ3v) is 5.63. The van der Waals surface area contributed by atoms with Crippen LogP contribution in [-0.4, -0.2) is 56.5 Å². The highest BCUT2D eigenvalue weighted by Gasteiger charge is 2.23. The first kappa shape index (κ1) is 23.5. The number of hydrogen-bond donors (Lipinski definition) is 3. The van der Waals surface area contributed by atoms with Crippen molar-refractivity contribution in [2.24, 2.45) is 22.6 Å². The molecule has 0 bridgehead atoms. The summed E-state index contributed by atoms with van der Waals surface area (Å²) in [5, 5.41) is 6.81. The molecule has 0 aromatic rings. The third-order valence-electron chi connectivity index (χ3n) is 5.63. The smallest absolute Gasteiger partial charge is 0.221 e. The molecular weight excluding hydrogens is 441 g/mol. The number of amides is 1. The molecule has 7 heteroatoms. The van der Waals surface area contributed by atoms with E-state index in [1.165, 1.54) is 38.5 Å². The van der Waals surface area contributed by atoms with Gasteiger partial charge in [-0.05, 0) is 51.1 Å². The Labute approximate surface area is 176 Å². The number of halogens is 1. The summed E-state index contributed by atoms with van der Waals surface area (Å²) >= 11 is 0. The van der Waals surface area contributed by atoms with Crippen LogP contribution < -0.4 is 16.4 Å². The lowest BCUT2D eigenvalue weighted by Gasteiger charge is -2.31. The van der Waals surface area contributed by atoms with Crippen molar-refractivity contribution in [3.05, 3.63) is 0 Å². The second kappa shape index (κ2) is 13.6. The van der Waals surface area contributed by atoms with Crippen LogP contribution >= 0.6 is 24.0 Å². The van der Waals surface area contributed by atoms with Crippen LogP contribution in [0.1, 0.15) is 57.8 Å². The van der Waals surface area contributed by atoms with Crippen molar-refractivity contribution >= 4 is 35.8 Å². The van der Waals surface area contributed by atoms with Crippen LogP contribution in [0.15, 0.2) is 4.99 Å². The summed E-state index contributed by atoms with van der Waals surface area (Å²) in [7, 11) is 1.83. The maximum Gasteiger partial charge on any atom is 0.221 e. The zero-order valence-electron chi connectivity index (χ0n) is 16.3. The van der Waals surface area contributed by atoms with Crippen LogP contribution in [0.25, 0.3) is 0 Å². The van der Waals surface area contributed by atoms with Crippen LogP contribution in [-0.2, 0) is 4.79 Å². The van der Waals surface area contributed by atoms with Gasteiger partial charge in [0.25, 0.3) is 0 Å². The second-order valence-corrected chi connectivity index (χ2v) is 7.61. The van der Waals surface area contributed by atoms with Crippen molar-refractivity contribution in [1.82, 2.24) is 15.5 Å². The predicted octanol–water partition coefficient (Wildman–Crippen LogP) is 2.33. The summed E-state index contributed by atoms with van der Waals surface area (Å²) in [5.41, 5.74) is 5.44. The minimum atomic E-state index is -0.148. The minimum absolute atomic E-state index is 0. The highest BCUT2D eigenvalue weighted by molar-refractivity contribution is 14.0. The Bertz CT molecular complexity index is 426. The van der Waals surface area contributed by atoms with Gasteiger partial charge in [0.2, 0.25) is 5.91 Å². The van der Waals surface area contributed by atoms with E-state index in [1.54, 1.807) is 0 Å². The standard InChI is InChI=1S/C19H37N5O.HI/c1-21-19(22-11-4-9-16-7-2-3-8-16)23-12-6-14-24-13-5-10-17(15-24)18(20)25;/h16-17H,2-15H2,1H3,(H2,20,25)(H2,21,22,23);1H. The maximum absolute atomic E-state index is 11.3. The summed E-state index contributed by atoms with van der Waals surface area (Å²) in [6.07, 6.45) is 11.4. The number of primary amides is 1. The zero-order chi connectivity index (χ0) is 17.9. The molecule has 1 aliphatic carbocycles. The molecule has 1 saturated carbocycles. The molecule has 6 nitrogen and oxygen atoms in total. The van der Waals surface area contributed by atoms with Gasteiger partial charge in [0, 0.05) is 26.7 Å². The summed E-state index contributed by atoms with van der Waals surface area (Å²) in [6, 6.07) is 0. The molecule has 0 aromatic carbocycles. The van der Waals surface area contributed by atoms with Crippen LogP contribution in [0.4, 0.5) is 0 Å². The monoisotopic (exact) mass is 479 g/mol. The molecule has 1 heterocycles. The maximum atomic E-state index is 11.3. The second-order valence-electron chi connectivity index (χ2n) is 7.61. The van der Waals surface area contributed by atoms with E-state index >= 15 is 0 Å². The SMILES string of the molecule is CN=C(NCCCC1CCCC1)NCCCN1CCCC(C(N)=O)C1.I. The number of nitrogens with one attached hydrogen (secondary N) is 2. The van der Waals surface area contributed by atoms with E-state index in [0.29, 0.717) is 0 Å². The number of nitrogens with zero attached hydrogens (tertiary/aromatic N) is 2. The van der Waals surface area contributed by atoms with Crippen molar-refractivity contribution < 1.29 is 4.79 Å². The first-order chi connectivity index (χ1) is 12.2. The van der Waals surface area contributed by atoms with Gasteiger partial charge in [0.1, 0.15) is 0 Å². The number of carbonyl (C=O) groups excluding carboxylic acids is 1. The molecule has 26 heavy (non-hydrogen) atoms. The number of rotatable bonds is 9. The van der Waals surface area contributed by atoms with E-state index in [9.17, 15) is 4.79 Å². The number of hydrogen-bond acceptors (Lipinski definition) is 3. The number of guanidine groups is 1. The van der Waals surface area contributed by atoms with Gasteiger partial charge in [-0.1, -0.05) is 25.7 Å². The Balaban J connectivity index is 0.00000338. The van der Waals surface area contributed by atoms with Crippen molar-refractivity contribution in [3.8, 4) is 0 Å². The van der Waals surface area contributed by atoms with Gasteiger partial charge < -0.3 is 21.3 Å². The van der Waals surface area contributed by atoms with Gasteiger partial charge in [-0.2, -0.15) is 0 Å². The molecule has 1 unspecified atom stereocenters. The number of likely N-dealkylation sites (tertiary alicyclic amines) is 1. The average Bonchev–Trinajstić information content (AvgIpc) is 3.14. The molecule has 2 fully saturated rings. The largest absolute Gasteiger partial charge is 0.369 e. The molecule has 4 N–H and O–H groups in total. The van der Waals surface area contributed by atoms with Crippen molar-refractivity contribution in [3.63, 3.8) is 0 Å². The number of carbonyl (C=O) groups is 1. The summed E-state index contributed by atoms with van der Waals surface area (Å²) in [6.45, 7) is 4.82. The Hall–Kier alpha value is -0.570. The fourth-order valence-corrected chi connectivity index (χ4v) is 4.12. The van der Waals surface area contributed by atoms with Crippen molar-refractivity contribution in [2.75, 3.05) is 39.8 Å². The Morgan fingerprint density at radius 2 is 1.81 bits per heavy atom. The summed E-state index contributed by atoms with van der Waals surface area (Å²) in [4.78, 5) is 18.0. The van der Waals surface area contributed by atoms with Crippen LogP contribution in [0.3, 0.4) is 0 Å². The number of aliphatic imine (C=N–C) groups is 1. The Morgan fingerprint density at radius 1 is 1.12 bits per heavy atom. The van der Waals surface area contributed by atoms with E-state index in [0.717, 1.165) is 63.9 Å². The van der Waals surface area contributed by atoms with Gasteiger partial charge in [0.05, 0.1) is 5.92 Å². The Morgan fingerprint density at radius 3 is 2.46 bits per heavy atom. The minimum Gasteiger partial charge on any atom is -0.369 e. The molecule has 1 aliphatic heterocycles. The van der Waals surface area contributed by atoms with E-state index in [-0.39, 0.29) is 35.8 Å². The predicted molar refractivity (Wildman–Crippen MR) is 119 cm³/mol. The molecule has 1 saturated heterocycles. The lowest BCUT2D eigenvalue weighted by Crippen LogP contribution is -2.43. The van der Waals surface area contributed by atoms with Crippen LogP contribution in [0.5, 0.6) is 0 Å². The highest BCUT2D eigenvalue weighted by Crippen LogP contribution is 2.28. The average molecular weight is 479 g/mol. The van der Waals surface area contributed by atoms with E-state index in [4.69, 9.17) is 5.73 Å². The molecule has 0 spiro atoms. The zero-order valence-corrected chi connectivity index (χ0v) is 18.7. The van der Waals surface area contributed by atoms with E-state index < -0.39 is 0 Å². The summed E-state index contributed by atoms with van der Waals surface area (Å²) in [5.74, 6) is 1.76. The highest BCUT2D eigenvalue weighted by atomic mass is 127. The van der Waals surface area contributed by atoms with Gasteiger partial charge in [-0.3, -0.25) is 9.79 Å². The first-order valence-electron chi connectivity index (χ1n) is 10.1. The van der Waals surface area contributed by atoms with Crippen molar-refractivity contribution in [2.45, 2.75) is 57.8 Å². The van der Waals surface area contributed by atoms with Gasteiger partial charge >= 0.3 is 0 Å². The summed E-state index contributed by atoms with van der Waals surface area (Å²) < 4.78 is 0. The fourth-order valence-electron chi connectivity index (χ4n) is 4.12.